The van der Waals surface area contributed by atoms with Gasteiger partial charge in [-0.3, -0.25) is 9.69 Å². The number of hydrogen-bond donors (Lipinski definition) is 0. The lowest BCUT2D eigenvalue weighted by Gasteiger charge is -2.32. The molecule has 3 rings (SSSR count). The van der Waals surface area contributed by atoms with Crippen molar-refractivity contribution in [2.45, 2.75) is 39.3 Å². The van der Waals surface area contributed by atoms with Crippen molar-refractivity contribution in [2.75, 3.05) is 40.4 Å². The summed E-state index contributed by atoms with van der Waals surface area (Å²) in [6.45, 7) is 7.95. The molecule has 29 heavy (non-hydrogen) atoms. The fourth-order valence-corrected chi connectivity index (χ4v) is 3.84. The van der Waals surface area contributed by atoms with Gasteiger partial charge in [-0.1, -0.05) is 11.3 Å². The van der Waals surface area contributed by atoms with Crippen LogP contribution >= 0.6 is 0 Å². The van der Waals surface area contributed by atoms with E-state index in [9.17, 15) is 4.79 Å². The number of ether oxygens (including phenoxy) is 2. The number of amides is 1. The summed E-state index contributed by atoms with van der Waals surface area (Å²) in [5.41, 5.74) is 1.55. The highest BCUT2D eigenvalue weighted by molar-refractivity contribution is 5.91. The monoisotopic (exact) mass is 401 g/mol. The molecule has 1 aliphatic rings. The average molecular weight is 402 g/mol. The third-order valence-corrected chi connectivity index (χ3v) is 5.52. The average Bonchev–Trinajstić information content (AvgIpc) is 3.25. The van der Waals surface area contributed by atoms with Gasteiger partial charge in [0.1, 0.15) is 11.5 Å². The first-order valence-corrected chi connectivity index (χ1v) is 10.2. The highest BCUT2D eigenvalue weighted by Crippen LogP contribution is 2.28. The van der Waals surface area contributed by atoms with Crippen molar-refractivity contribution in [1.82, 2.24) is 24.8 Å². The third kappa shape index (κ3) is 4.87. The smallest absolute Gasteiger partial charge is 0.276 e. The Labute approximate surface area is 172 Å². The first kappa shape index (κ1) is 21.1. The normalized spacial score (nSPS) is 17.2. The van der Waals surface area contributed by atoms with Gasteiger partial charge in [0.15, 0.2) is 5.69 Å². The highest BCUT2D eigenvalue weighted by atomic mass is 16.5. The molecule has 0 N–H and O–H groups in total. The van der Waals surface area contributed by atoms with Crippen LogP contribution in [0.1, 0.15) is 48.8 Å². The standard InChI is InChI=1S/C21H31N5O3/c1-5-25(6-2)21(27)19-15-26(23-22-19)17-8-7-11-24(14-17)13-16-9-10-18(28-3)12-20(16)29-4/h9-10,12,15,17H,5-8,11,13-14H2,1-4H3/t17-/m0/s1. The topological polar surface area (TPSA) is 72.7 Å². The molecule has 0 saturated carbocycles. The van der Waals surface area contributed by atoms with E-state index in [0.29, 0.717) is 18.8 Å². The quantitative estimate of drug-likeness (QED) is 0.677. The van der Waals surface area contributed by atoms with E-state index in [1.807, 2.05) is 30.7 Å². The Morgan fingerprint density at radius 2 is 2.03 bits per heavy atom. The minimum atomic E-state index is -0.0584. The zero-order valence-electron chi connectivity index (χ0n) is 17.8. The fraction of sp³-hybridized carbons (Fsp3) is 0.571. The summed E-state index contributed by atoms with van der Waals surface area (Å²) < 4.78 is 12.7. The minimum absolute atomic E-state index is 0.0584. The van der Waals surface area contributed by atoms with E-state index >= 15 is 0 Å². The van der Waals surface area contributed by atoms with E-state index in [1.54, 1.807) is 25.3 Å². The lowest BCUT2D eigenvalue weighted by Crippen LogP contribution is -2.36. The zero-order valence-corrected chi connectivity index (χ0v) is 17.8. The number of nitrogens with zero attached hydrogens (tertiary/aromatic N) is 5. The number of benzene rings is 1. The van der Waals surface area contributed by atoms with Crippen LogP contribution in [0.4, 0.5) is 0 Å². The third-order valence-electron chi connectivity index (χ3n) is 5.52. The maximum Gasteiger partial charge on any atom is 0.276 e. The number of methoxy groups -OCH3 is 2. The maximum atomic E-state index is 12.5. The molecule has 1 amide bonds. The molecule has 1 aromatic carbocycles. The second-order valence-corrected chi connectivity index (χ2v) is 7.27. The number of carbonyl (C=O) groups excluding carboxylic acids is 1. The summed E-state index contributed by atoms with van der Waals surface area (Å²) in [4.78, 5) is 16.7. The Morgan fingerprint density at radius 3 is 2.72 bits per heavy atom. The van der Waals surface area contributed by atoms with Crippen LogP contribution in [-0.4, -0.2) is 71.1 Å². The molecule has 1 aliphatic heterocycles. The van der Waals surface area contributed by atoms with Gasteiger partial charge in [0.25, 0.3) is 5.91 Å². The summed E-state index contributed by atoms with van der Waals surface area (Å²) in [5, 5.41) is 8.39. The highest BCUT2D eigenvalue weighted by Gasteiger charge is 2.25. The van der Waals surface area contributed by atoms with Crippen molar-refractivity contribution in [3.8, 4) is 11.5 Å². The van der Waals surface area contributed by atoms with Crippen LogP contribution in [0, 0.1) is 0 Å². The Kier molecular flexibility index (Phi) is 7.09. The van der Waals surface area contributed by atoms with Crippen LogP contribution in [0.25, 0.3) is 0 Å². The Balaban J connectivity index is 1.68. The van der Waals surface area contributed by atoms with Gasteiger partial charge in [0.05, 0.1) is 26.5 Å². The summed E-state index contributed by atoms with van der Waals surface area (Å²) in [7, 11) is 3.34. The lowest BCUT2D eigenvalue weighted by atomic mass is 10.0. The minimum Gasteiger partial charge on any atom is -0.497 e. The Bertz CT molecular complexity index is 818. The van der Waals surface area contributed by atoms with Gasteiger partial charge in [0.2, 0.25) is 0 Å². The Hall–Kier alpha value is -2.61. The molecule has 2 aromatic rings. The lowest BCUT2D eigenvalue weighted by molar-refractivity contribution is 0.0767. The van der Waals surface area contributed by atoms with Crippen molar-refractivity contribution >= 4 is 5.91 Å². The molecule has 1 atom stereocenters. The molecule has 8 heteroatoms. The molecule has 1 aromatic heterocycles. The molecular weight excluding hydrogens is 370 g/mol. The first-order chi connectivity index (χ1) is 14.1. The van der Waals surface area contributed by atoms with Crippen LogP contribution in [-0.2, 0) is 6.54 Å². The number of rotatable bonds is 8. The first-order valence-electron chi connectivity index (χ1n) is 10.2. The number of piperidine rings is 1. The summed E-state index contributed by atoms with van der Waals surface area (Å²) >= 11 is 0. The molecule has 158 valence electrons. The zero-order chi connectivity index (χ0) is 20.8. The molecule has 0 bridgehead atoms. The molecule has 0 radical (unpaired) electrons. The molecule has 2 heterocycles. The van der Waals surface area contributed by atoms with Gasteiger partial charge >= 0.3 is 0 Å². The van der Waals surface area contributed by atoms with Crippen molar-refractivity contribution in [2.24, 2.45) is 0 Å². The fourth-order valence-electron chi connectivity index (χ4n) is 3.84. The molecule has 0 aliphatic carbocycles. The molecule has 8 nitrogen and oxygen atoms in total. The Morgan fingerprint density at radius 1 is 1.24 bits per heavy atom. The van der Waals surface area contributed by atoms with Crippen molar-refractivity contribution < 1.29 is 14.3 Å². The van der Waals surface area contributed by atoms with Gasteiger partial charge in [-0.25, -0.2) is 4.68 Å². The van der Waals surface area contributed by atoms with Crippen molar-refractivity contribution in [1.29, 1.82) is 0 Å². The van der Waals surface area contributed by atoms with Crippen LogP contribution in [0.15, 0.2) is 24.4 Å². The van der Waals surface area contributed by atoms with E-state index in [2.05, 4.69) is 21.3 Å². The van der Waals surface area contributed by atoms with Crippen LogP contribution in [0.3, 0.4) is 0 Å². The van der Waals surface area contributed by atoms with E-state index in [1.165, 1.54) is 0 Å². The van der Waals surface area contributed by atoms with Gasteiger partial charge in [-0.15, -0.1) is 5.10 Å². The number of aromatic nitrogens is 3. The molecule has 0 unspecified atom stereocenters. The van der Waals surface area contributed by atoms with E-state index in [4.69, 9.17) is 9.47 Å². The van der Waals surface area contributed by atoms with Crippen LogP contribution < -0.4 is 9.47 Å². The van der Waals surface area contributed by atoms with E-state index in [0.717, 1.165) is 49.5 Å². The van der Waals surface area contributed by atoms with Gasteiger partial charge in [0, 0.05) is 37.8 Å². The molecular formula is C21H31N5O3. The SMILES string of the molecule is CCN(CC)C(=O)c1cn([C@H]2CCCN(Cc3ccc(OC)cc3OC)C2)nn1. The van der Waals surface area contributed by atoms with Gasteiger partial charge in [-0.05, 0) is 39.3 Å². The van der Waals surface area contributed by atoms with Crippen molar-refractivity contribution in [3.05, 3.63) is 35.7 Å². The number of likely N-dealkylation sites (tertiary alicyclic amines) is 1. The van der Waals surface area contributed by atoms with Crippen LogP contribution in [0.5, 0.6) is 11.5 Å². The summed E-state index contributed by atoms with van der Waals surface area (Å²) in [6.07, 6.45) is 3.89. The van der Waals surface area contributed by atoms with E-state index < -0.39 is 0 Å². The number of hydrogen-bond acceptors (Lipinski definition) is 6. The van der Waals surface area contributed by atoms with E-state index in [-0.39, 0.29) is 11.9 Å². The maximum absolute atomic E-state index is 12.5. The second-order valence-electron chi connectivity index (χ2n) is 7.27. The predicted molar refractivity (Wildman–Crippen MR) is 110 cm³/mol. The second kappa shape index (κ2) is 9.73. The predicted octanol–water partition coefficient (Wildman–Crippen LogP) is 2.61. The van der Waals surface area contributed by atoms with Gasteiger partial charge in [-0.2, -0.15) is 0 Å². The van der Waals surface area contributed by atoms with Gasteiger partial charge < -0.3 is 14.4 Å². The summed E-state index contributed by atoms with van der Waals surface area (Å²) in [5.74, 6) is 1.56. The molecule has 1 saturated heterocycles. The van der Waals surface area contributed by atoms with Crippen LogP contribution in [0.2, 0.25) is 0 Å². The number of carbonyl (C=O) groups is 1. The summed E-state index contributed by atoms with van der Waals surface area (Å²) in [6, 6.07) is 6.14. The largest absolute Gasteiger partial charge is 0.497 e. The molecule has 0 spiro atoms. The molecule has 1 fully saturated rings. The van der Waals surface area contributed by atoms with Crippen molar-refractivity contribution in [3.63, 3.8) is 0 Å².